The van der Waals surface area contributed by atoms with Gasteiger partial charge in [0.25, 0.3) is 0 Å². The van der Waals surface area contributed by atoms with Crippen molar-refractivity contribution in [2.24, 2.45) is 5.14 Å². The van der Waals surface area contributed by atoms with E-state index < -0.39 is 16.0 Å². The van der Waals surface area contributed by atoms with Gasteiger partial charge in [-0.3, -0.25) is 0 Å². The molecule has 6 heteroatoms. The van der Waals surface area contributed by atoms with Crippen molar-refractivity contribution in [3.05, 3.63) is 29.3 Å². The van der Waals surface area contributed by atoms with Crippen LogP contribution in [0.4, 0.5) is 0 Å². The van der Waals surface area contributed by atoms with Crippen LogP contribution in [0.25, 0.3) is 0 Å². The van der Waals surface area contributed by atoms with E-state index in [-0.39, 0.29) is 17.1 Å². The maximum Gasteiger partial charge on any atom is 0.339 e. The summed E-state index contributed by atoms with van der Waals surface area (Å²) in [5.74, 6) is -0.255. The van der Waals surface area contributed by atoms with Crippen LogP contribution in [0, 0.1) is 0 Å². The third-order valence-corrected chi connectivity index (χ3v) is 3.97. The number of carbonyl (C=O) groups is 1. The zero-order chi connectivity index (χ0) is 14.0. The van der Waals surface area contributed by atoms with Crippen LogP contribution in [0.2, 0.25) is 0 Å². The summed E-state index contributed by atoms with van der Waals surface area (Å²) in [4.78, 5) is 11.7. The summed E-state index contributed by atoms with van der Waals surface area (Å²) in [5, 5.41) is 5.18. The van der Waals surface area contributed by atoms with Crippen LogP contribution in [-0.2, 0) is 14.8 Å². The largest absolute Gasteiger partial charge is 0.462 e. The average Bonchev–Trinajstić information content (AvgIpc) is 3.18. The minimum absolute atomic E-state index is 0.0142. The number of hydrogen-bond donors (Lipinski definition) is 1. The lowest BCUT2D eigenvalue weighted by molar-refractivity contribution is 0.0500. The molecule has 0 bridgehead atoms. The first kappa shape index (κ1) is 14.0. The SMILES string of the molecule is CCCOC(=O)c1ccc(C2CC2)cc1S(N)(=O)=O. The van der Waals surface area contributed by atoms with Gasteiger partial charge in [-0.15, -0.1) is 0 Å². The van der Waals surface area contributed by atoms with Gasteiger partial charge < -0.3 is 4.74 Å². The molecule has 0 unspecified atom stereocenters. The second kappa shape index (κ2) is 5.30. The number of hydrogen-bond acceptors (Lipinski definition) is 4. The lowest BCUT2D eigenvalue weighted by Crippen LogP contribution is -2.18. The van der Waals surface area contributed by atoms with E-state index >= 15 is 0 Å². The van der Waals surface area contributed by atoms with Crippen LogP contribution in [0.5, 0.6) is 0 Å². The van der Waals surface area contributed by atoms with E-state index in [1.165, 1.54) is 12.1 Å². The van der Waals surface area contributed by atoms with Gasteiger partial charge in [0.05, 0.1) is 17.1 Å². The summed E-state index contributed by atoms with van der Waals surface area (Å²) >= 11 is 0. The van der Waals surface area contributed by atoms with Crippen molar-refractivity contribution in [3.8, 4) is 0 Å². The van der Waals surface area contributed by atoms with E-state index in [1.807, 2.05) is 6.92 Å². The molecule has 5 nitrogen and oxygen atoms in total. The Balaban J connectivity index is 2.39. The molecule has 0 atom stereocenters. The second-order valence-electron chi connectivity index (χ2n) is 4.71. The van der Waals surface area contributed by atoms with Crippen molar-refractivity contribution in [2.45, 2.75) is 37.0 Å². The average molecular weight is 283 g/mol. The van der Waals surface area contributed by atoms with Gasteiger partial charge in [-0.25, -0.2) is 18.4 Å². The lowest BCUT2D eigenvalue weighted by Gasteiger charge is -2.09. The molecule has 2 N–H and O–H groups in total. The molecule has 1 aliphatic carbocycles. The predicted molar refractivity (Wildman–Crippen MR) is 70.4 cm³/mol. The zero-order valence-corrected chi connectivity index (χ0v) is 11.6. The second-order valence-corrected chi connectivity index (χ2v) is 6.24. The molecule has 0 amide bonds. The minimum Gasteiger partial charge on any atom is -0.462 e. The van der Waals surface area contributed by atoms with Gasteiger partial charge in [0.2, 0.25) is 10.0 Å². The van der Waals surface area contributed by atoms with Crippen LogP contribution in [0.3, 0.4) is 0 Å². The zero-order valence-electron chi connectivity index (χ0n) is 10.8. The molecule has 1 aliphatic rings. The Labute approximate surface area is 112 Å². The summed E-state index contributed by atoms with van der Waals surface area (Å²) < 4.78 is 28.2. The van der Waals surface area contributed by atoms with E-state index in [4.69, 9.17) is 9.88 Å². The molecule has 1 fully saturated rings. The third kappa shape index (κ3) is 3.33. The van der Waals surface area contributed by atoms with Crippen LogP contribution >= 0.6 is 0 Å². The molecule has 0 radical (unpaired) electrons. The molecule has 0 heterocycles. The third-order valence-electron chi connectivity index (χ3n) is 3.02. The molecule has 19 heavy (non-hydrogen) atoms. The normalized spacial score (nSPS) is 15.3. The Hall–Kier alpha value is -1.40. The highest BCUT2D eigenvalue weighted by Crippen LogP contribution is 2.41. The van der Waals surface area contributed by atoms with Gasteiger partial charge in [-0.2, -0.15) is 0 Å². The van der Waals surface area contributed by atoms with E-state index in [0.29, 0.717) is 12.3 Å². The fourth-order valence-corrected chi connectivity index (χ4v) is 2.64. The highest BCUT2D eigenvalue weighted by atomic mass is 32.2. The molecule has 0 aliphatic heterocycles. The summed E-state index contributed by atoms with van der Waals surface area (Å²) in [5.41, 5.74) is 0.927. The molecular formula is C13H17NO4S. The van der Waals surface area contributed by atoms with E-state index in [9.17, 15) is 13.2 Å². The number of ether oxygens (including phenoxy) is 1. The van der Waals surface area contributed by atoms with Crippen molar-refractivity contribution in [2.75, 3.05) is 6.61 Å². The van der Waals surface area contributed by atoms with Gasteiger partial charge in [-0.05, 0) is 42.9 Å². The number of benzene rings is 1. The van der Waals surface area contributed by atoms with Crippen molar-refractivity contribution in [1.29, 1.82) is 0 Å². The Kier molecular flexibility index (Phi) is 3.91. The van der Waals surface area contributed by atoms with Gasteiger partial charge in [0, 0.05) is 0 Å². The fraction of sp³-hybridized carbons (Fsp3) is 0.462. The van der Waals surface area contributed by atoms with Gasteiger partial charge in [-0.1, -0.05) is 13.0 Å². The summed E-state index contributed by atoms with van der Waals surface area (Å²) in [6, 6.07) is 4.76. The summed E-state index contributed by atoms with van der Waals surface area (Å²) in [6.45, 7) is 2.12. The van der Waals surface area contributed by atoms with Gasteiger partial charge >= 0.3 is 5.97 Å². The molecule has 104 valence electrons. The number of esters is 1. The van der Waals surface area contributed by atoms with Crippen molar-refractivity contribution >= 4 is 16.0 Å². The predicted octanol–water partition coefficient (Wildman–Crippen LogP) is 1.78. The van der Waals surface area contributed by atoms with Crippen molar-refractivity contribution in [3.63, 3.8) is 0 Å². The smallest absolute Gasteiger partial charge is 0.339 e. The van der Waals surface area contributed by atoms with Crippen LogP contribution in [-0.4, -0.2) is 21.0 Å². The molecule has 1 aromatic rings. The van der Waals surface area contributed by atoms with Crippen molar-refractivity contribution in [1.82, 2.24) is 0 Å². The molecular weight excluding hydrogens is 266 g/mol. The fourth-order valence-electron chi connectivity index (χ4n) is 1.89. The first-order valence-electron chi connectivity index (χ1n) is 6.27. The maximum absolute atomic E-state index is 11.8. The molecule has 0 spiro atoms. The highest BCUT2D eigenvalue weighted by Gasteiger charge is 2.27. The van der Waals surface area contributed by atoms with Crippen LogP contribution < -0.4 is 5.14 Å². The quantitative estimate of drug-likeness (QED) is 0.834. The highest BCUT2D eigenvalue weighted by molar-refractivity contribution is 7.89. The molecule has 1 aromatic carbocycles. The maximum atomic E-state index is 11.8. The summed E-state index contributed by atoms with van der Waals surface area (Å²) in [7, 11) is -3.93. The monoisotopic (exact) mass is 283 g/mol. The first-order chi connectivity index (χ1) is 8.93. The van der Waals surface area contributed by atoms with E-state index in [1.54, 1.807) is 6.07 Å². The number of primary sulfonamides is 1. The standard InChI is InChI=1S/C13H17NO4S/c1-2-7-18-13(15)11-6-5-10(9-3-4-9)8-12(11)19(14,16)17/h5-6,8-9H,2-4,7H2,1H3,(H2,14,16,17). The Bertz CT molecular complexity index is 591. The molecule has 1 saturated carbocycles. The number of nitrogens with two attached hydrogens (primary N) is 1. The van der Waals surface area contributed by atoms with Gasteiger partial charge in [0.1, 0.15) is 0 Å². The molecule has 0 saturated heterocycles. The van der Waals surface area contributed by atoms with Gasteiger partial charge in [0.15, 0.2) is 0 Å². The van der Waals surface area contributed by atoms with E-state index in [2.05, 4.69) is 0 Å². The molecule has 0 aromatic heterocycles. The lowest BCUT2D eigenvalue weighted by atomic mass is 10.1. The number of rotatable bonds is 5. The van der Waals surface area contributed by atoms with Crippen molar-refractivity contribution < 1.29 is 17.9 Å². The number of carbonyl (C=O) groups excluding carboxylic acids is 1. The van der Waals surface area contributed by atoms with Crippen LogP contribution in [0.15, 0.2) is 23.1 Å². The Morgan fingerprint density at radius 3 is 2.63 bits per heavy atom. The Morgan fingerprint density at radius 2 is 2.11 bits per heavy atom. The number of sulfonamides is 1. The topological polar surface area (TPSA) is 86.5 Å². The first-order valence-corrected chi connectivity index (χ1v) is 7.82. The van der Waals surface area contributed by atoms with E-state index in [0.717, 1.165) is 18.4 Å². The summed E-state index contributed by atoms with van der Waals surface area (Å²) in [6.07, 6.45) is 2.77. The minimum atomic E-state index is -3.93. The van der Waals surface area contributed by atoms with Crippen LogP contribution in [0.1, 0.15) is 48.0 Å². The molecule has 2 rings (SSSR count). The Morgan fingerprint density at radius 1 is 1.42 bits per heavy atom.